The second-order valence-corrected chi connectivity index (χ2v) is 20.3. The first-order chi connectivity index (χ1) is 22.9. The van der Waals surface area contributed by atoms with Gasteiger partial charge in [-0.15, -0.1) is 0 Å². The van der Waals surface area contributed by atoms with Gasteiger partial charge in [0, 0.05) is 35.5 Å². The van der Waals surface area contributed by atoms with Crippen molar-refractivity contribution in [3.8, 4) is 0 Å². The normalized spacial score (nSPS) is 26.8. The number of hydrogen-bond donors (Lipinski definition) is 0. The van der Waals surface area contributed by atoms with Gasteiger partial charge in [0.15, 0.2) is 0 Å². The highest BCUT2D eigenvalue weighted by molar-refractivity contribution is 5.85. The second-order valence-electron chi connectivity index (χ2n) is 20.3. The molecule has 0 amide bonds. The standard InChI is InChI=1S/C18H30O.C14H26O.C11H22O.2C2H6/c1-5-17(2,3)16(19)11-18(4)14-7-12-6-13(9-14)10-15(18)8-12;1-5-13(2,3)12(15)11-14(4)9-7-6-8-10-14;1-7-11(5,6)9(12)8-10(2,3)4;2*1-2/h12-15H,5-11H2,1-4H3;5-11H2,1-4H3;7-8H2,1-6H3;2*1-2H3. The summed E-state index contributed by atoms with van der Waals surface area (Å²) in [6.07, 6.45) is 18.9. The van der Waals surface area contributed by atoms with Gasteiger partial charge < -0.3 is 0 Å². The second kappa shape index (κ2) is 20.5. The van der Waals surface area contributed by atoms with E-state index in [1.54, 1.807) is 0 Å². The highest BCUT2D eigenvalue weighted by atomic mass is 16.1. The molecule has 296 valence electrons. The predicted molar refractivity (Wildman–Crippen MR) is 220 cm³/mol. The summed E-state index contributed by atoms with van der Waals surface area (Å²) in [4.78, 5) is 36.6. The summed E-state index contributed by atoms with van der Waals surface area (Å²) in [5.41, 5.74) is 0.410. The summed E-state index contributed by atoms with van der Waals surface area (Å²) in [6.45, 7) is 37.9. The van der Waals surface area contributed by atoms with Gasteiger partial charge in [-0.1, -0.05) is 144 Å². The van der Waals surface area contributed by atoms with Crippen LogP contribution in [0.3, 0.4) is 0 Å². The maximum absolute atomic E-state index is 12.7. The third-order valence-corrected chi connectivity index (χ3v) is 13.8. The number of carbonyl (C=O) groups excluding carboxylic acids is 3. The van der Waals surface area contributed by atoms with Crippen LogP contribution in [0.2, 0.25) is 0 Å². The minimum atomic E-state index is -0.132. The highest BCUT2D eigenvalue weighted by Gasteiger charge is 2.55. The maximum atomic E-state index is 12.7. The fraction of sp³-hybridized carbons (Fsp3) is 0.936. The molecule has 0 saturated heterocycles. The summed E-state index contributed by atoms with van der Waals surface area (Å²) in [6, 6.07) is 0. The molecular weight excluding hydrogens is 613 g/mol. The van der Waals surface area contributed by atoms with Gasteiger partial charge in [-0.3, -0.25) is 14.4 Å². The zero-order chi connectivity index (χ0) is 39.4. The Morgan fingerprint density at radius 2 is 0.860 bits per heavy atom. The van der Waals surface area contributed by atoms with Crippen LogP contribution in [0.4, 0.5) is 0 Å². The third-order valence-electron chi connectivity index (χ3n) is 13.8. The first kappa shape index (κ1) is 49.0. The molecule has 5 saturated carbocycles. The predicted octanol–water partition coefficient (Wildman–Crippen LogP) is 14.7. The van der Waals surface area contributed by atoms with Gasteiger partial charge in [0.25, 0.3) is 0 Å². The molecule has 0 aromatic carbocycles. The van der Waals surface area contributed by atoms with Crippen LogP contribution in [0.5, 0.6) is 0 Å². The van der Waals surface area contributed by atoms with E-state index in [4.69, 9.17) is 0 Å². The summed E-state index contributed by atoms with van der Waals surface area (Å²) >= 11 is 0. The molecule has 0 radical (unpaired) electrons. The average molecular weight is 703 g/mol. The number of carbonyl (C=O) groups is 3. The van der Waals surface area contributed by atoms with E-state index in [0.29, 0.717) is 34.6 Å². The molecule has 5 rings (SSSR count). The van der Waals surface area contributed by atoms with Gasteiger partial charge >= 0.3 is 0 Å². The van der Waals surface area contributed by atoms with Crippen molar-refractivity contribution in [2.45, 2.75) is 227 Å². The molecule has 0 aliphatic heterocycles. The highest BCUT2D eigenvalue weighted by Crippen LogP contribution is 2.63. The Bertz CT molecular complexity index is 986. The lowest BCUT2D eigenvalue weighted by molar-refractivity contribution is -0.142. The van der Waals surface area contributed by atoms with E-state index in [1.807, 2.05) is 41.5 Å². The van der Waals surface area contributed by atoms with Crippen molar-refractivity contribution in [3.05, 3.63) is 0 Å². The van der Waals surface area contributed by atoms with Crippen molar-refractivity contribution in [2.75, 3.05) is 0 Å². The Labute approximate surface area is 314 Å². The molecule has 5 aliphatic carbocycles. The molecular formula is C47H90O3. The van der Waals surface area contributed by atoms with Crippen LogP contribution in [-0.2, 0) is 14.4 Å². The Morgan fingerprint density at radius 3 is 1.20 bits per heavy atom. The fourth-order valence-corrected chi connectivity index (χ4v) is 8.66. The number of hydrogen-bond acceptors (Lipinski definition) is 3. The van der Waals surface area contributed by atoms with Gasteiger partial charge in [0.1, 0.15) is 17.3 Å². The minimum absolute atomic E-state index is 0.111. The Hall–Kier alpha value is -0.990. The molecule has 0 aromatic heterocycles. The molecule has 50 heavy (non-hydrogen) atoms. The van der Waals surface area contributed by atoms with E-state index in [9.17, 15) is 14.4 Å². The van der Waals surface area contributed by atoms with E-state index in [2.05, 4.69) is 83.1 Å². The Morgan fingerprint density at radius 1 is 0.520 bits per heavy atom. The lowest BCUT2D eigenvalue weighted by Crippen LogP contribution is -2.52. The molecule has 0 N–H and O–H groups in total. The zero-order valence-electron chi connectivity index (χ0n) is 37.3. The van der Waals surface area contributed by atoms with Gasteiger partial charge in [0.2, 0.25) is 0 Å². The van der Waals surface area contributed by atoms with Crippen molar-refractivity contribution in [1.82, 2.24) is 0 Å². The summed E-state index contributed by atoms with van der Waals surface area (Å²) in [5.74, 6) is 5.08. The van der Waals surface area contributed by atoms with Crippen LogP contribution < -0.4 is 0 Å². The molecule has 3 heteroatoms. The minimum Gasteiger partial charge on any atom is -0.299 e. The molecule has 4 bridgehead atoms. The zero-order valence-corrected chi connectivity index (χ0v) is 37.3. The monoisotopic (exact) mass is 703 g/mol. The average Bonchev–Trinajstić information content (AvgIpc) is 3.05. The van der Waals surface area contributed by atoms with Gasteiger partial charge in [-0.2, -0.15) is 0 Å². The van der Waals surface area contributed by atoms with Crippen molar-refractivity contribution in [3.63, 3.8) is 0 Å². The van der Waals surface area contributed by atoms with E-state index < -0.39 is 0 Å². The van der Waals surface area contributed by atoms with Gasteiger partial charge in [0.05, 0.1) is 0 Å². The molecule has 0 unspecified atom stereocenters. The van der Waals surface area contributed by atoms with E-state index in [-0.39, 0.29) is 21.7 Å². The van der Waals surface area contributed by atoms with Crippen LogP contribution >= 0.6 is 0 Å². The van der Waals surface area contributed by atoms with Crippen LogP contribution in [0.1, 0.15) is 227 Å². The third kappa shape index (κ3) is 14.4. The quantitative estimate of drug-likeness (QED) is 0.215. The van der Waals surface area contributed by atoms with Crippen molar-refractivity contribution in [1.29, 1.82) is 0 Å². The molecule has 3 nitrogen and oxygen atoms in total. The van der Waals surface area contributed by atoms with Crippen LogP contribution in [0, 0.1) is 56.2 Å². The number of rotatable bonds is 11. The fourth-order valence-electron chi connectivity index (χ4n) is 8.66. The van der Waals surface area contributed by atoms with Crippen molar-refractivity contribution < 1.29 is 14.4 Å². The number of ketones is 3. The molecule has 0 heterocycles. The largest absolute Gasteiger partial charge is 0.299 e. The molecule has 0 spiro atoms. The Balaban J connectivity index is 0.000000704. The molecule has 0 aromatic rings. The van der Waals surface area contributed by atoms with Gasteiger partial charge in [-0.25, -0.2) is 0 Å². The Kier molecular flexibility index (Phi) is 20.1. The summed E-state index contributed by atoms with van der Waals surface area (Å²) < 4.78 is 0. The molecule has 0 atom stereocenters. The SMILES string of the molecule is CC.CC.CCC(C)(C)C(=O)CC(C)(C)C.CCC(C)(C)C(=O)CC1(C)C2CC3CC(C2)CC1C3.CCC(C)(C)C(=O)CC1(C)CCCCC1. The van der Waals surface area contributed by atoms with Gasteiger partial charge in [-0.05, 0) is 104 Å². The number of Topliss-reactive ketones (excluding diaryl/α,β-unsaturated/α-hetero) is 3. The first-order valence-electron chi connectivity index (χ1n) is 21.5. The van der Waals surface area contributed by atoms with E-state index >= 15 is 0 Å². The molecule has 5 fully saturated rings. The topological polar surface area (TPSA) is 51.2 Å². The lowest BCUT2D eigenvalue weighted by atomic mass is 9.44. The summed E-state index contributed by atoms with van der Waals surface area (Å²) in [5, 5.41) is 0. The first-order valence-corrected chi connectivity index (χ1v) is 21.5. The van der Waals surface area contributed by atoms with Crippen molar-refractivity contribution >= 4 is 17.3 Å². The lowest BCUT2D eigenvalue weighted by Gasteiger charge is -2.60. The van der Waals surface area contributed by atoms with Crippen LogP contribution in [-0.4, -0.2) is 17.3 Å². The molecule has 5 aliphatic rings. The maximum Gasteiger partial charge on any atom is 0.139 e. The van der Waals surface area contributed by atoms with E-state index in [0.717, 1.165) is 55.8 Å². The smallest absolute Gasteiger partial charge is 0.139 e. The summed E-state index contributed by atoms with van der Waals surface area (Å²) in [7, 11) is 0. The van der Waals surface area contributed by atoms with Crippen LogP contribution in [0.25, 0.3) is 0 Å². The van der Waals surface area contributed by atoms with Crippen LogP contribution in [0.15, 0.2) is 0 Å². The van der Waals surface area contributed by atoms with E-state index in [1.165, 1.54) is 64.2 Å². The van der Waals surface area contributed by atoms with Crippen molar-refractivity contribution in [2.24, 2.45) is 56.2 Å².